The van der Waals surface area contributed by atoms with Crippen LogP contribution in [0.1, 0.15) is 15.2 Å². The second-order valence-electron chi connectivity index (χ2n) is 5.13. The number of ether oxygens (including phenoxy) is 2. The van der Waals surface area contributed by atoms with Gasteiger partial charge in [0.25, 0.3) is 5.56 Å². The number of thiophene rings is 1. The number of nitrogens with zero attached hydrogens (tertiary/aromatic N) is 2. The third-order valence-electron chi connectivity index (χ3n) is 3.63. The number of hydrogen-bond acceptors (Lipinski definition) is 6. The van der Waals surface area contributed by atoms with Crippen molar-refractivity contribution in [2.45, 2.75) is 13.5 Å². The van der Waals surface area contributed by atoms with Gasteiger partial charge in [-0.25, -0.2) is 9.78 Å². The monoisotopic (exact) mass is 344 g/mol. The van der Waals surface area contributed by atoms with E-state index in [0.717, 1.165) is 5.75 Å². The van der Waals surface area contributed by atoms with E-state index in [2.05, 4.69) is 4.98 Å². The Labute approximate surface area is 142 Å². The van der Waals surface area contributed by atoms with E-state index < -0.39 is 5.97 Å². The number of fused-ring (bicyclic) bond motifs is 1. The van der Waals surface area contributed by atoms with Crippen LogP contribution in [-0.4, -0.2) is 29.2 Å². The maximum Gasteiger partial charge on any atom is 0.348 e. The maximum absolute atomic E-state index is 12.6. The summed E-state index contributed by atoms with van der Waals surface area (Å²) in [6, 6.07) is 9.40. The predicted octanol–water partition coefficient (Wildman–Crippen LogP) is 2.63. The van der Waals surface area contributed by atoms with Gasteiger partial charge in [0, 0.05) is 0 Å². The average Bonchev–Trinajstić information content (AvgIpc) is 2.94. The van der Waals surface area contributed by atoms with Crippen molar-refractivity contribution in [3.63, 3.8) is 0 Å². The summed E-state index contributed by atoms with van der Waals surface area (Å²) in [6.07, 6.45) is 1.48. The van der Waals surface area contributed by atoms with Crippen LogP contribution < -0.4 is 10.3 Å². The van der Waals surface area contributed by atoms with Crippen LogP contribution in [-0.2, 0) is 11.3 Å². The van der Waals surface area contributed by atoms with E-state index in [1.54, 1.807) is 6.92 Å². The minimum absolute atomic E-state index is 0.180. The second-order valence-corrected chi connectivity index (χ2v) is 6.13. The molecule has 0 amide bonds. The number of rotatable bonds is 5. The van der Waals surface area contributed by atoms with Gasteiger partial charge in [-0.2, -0.15) is 0 Å². The molecule has 0 unspecified atom stereocenters. The lowest BCUT2D eigenvalue weighted by Gasteiger charge is -2.08. The molecule has 0 saturated carbocycles. The molecular weight excluding hydrogens is 328 g/mol. The van der Waals surface area contributed by atoms with Crippen LogP contribution in [0, 0.1) is 6.92 Å². The molecule has 0 N–H and O–H groups in total. The first-order valence-electron chi connectivity index (χ1n) is 7.36. The molecule has 2 heterocycles. The SMILES string of the molecule is COC(=O)c1sc2ncn(CCOc3ccccc3)c(=O)c2c1C. The van der Waals surface area contributed by atoms with Crippen molar-refractivity contribution < 1.29 is 14.3 Å². The molecule has 0 radical (unpaired) electrons. The molecule has 0 atom stereocenters. The third-order valence-corrected chi connectivity index (χ3v) is 4.81. The van der Waals surface area contributed by atoms with Gasteiger partial charge in [-0.05, 0) is 24.6 Å². The summed E-state index contributed by atoms with van der Waals surface area (Å²) in [5.41, 5.74) is 0.429. The Morgan fingerprint density at radius 3 is 2.75 bits per heavy atom. The van der Waals surface area contributed by atoms with E-state index in [9.17, 15) is 9.59 Å². The van der Waals surface area contributed by atoms with Crippen molar-refractivity contribution >= 4 is 27.5 Å². The van der Waals surface area contributed by atoms with Crippen LogP contribution in [0.25, 0.3) is 10.2 Å². The zero-order valence-electron chi connectivity index (χ0n) is 13.3. The maximum atomic E-state index is 12.6. The number of hydrogen-bond donors (Lipinski definition) is 0. The van der Waals surface area contributed by atoms with Gasteiger partial charge in [-0.1, -0.05) is 18.2 Å². The Kier molecular flexibility index (Phi) is 4.61. The highest BCUT2D eigenvalue weighted by molar-refractivity contribution is 7.20. The van der Waals surface area contributed by atoms with E-state index in [4.69, 9.17) is 9.47 Å². The number of methoxy groups -OCH3 is 1. The quantitative estimate of drug-likeness (QED) is 0.666. The fraction of sp³-hybridized carbons (Fsp3) is 0.235. The Morgan fingerprint density at radius 2 is 2.04 bits per heavy atom. The van der Waals surface area contributed by atoms with E-state index in [-0.39, 0.29) is 5.56 Å². The number of benzene rings is 1. The number of carbonyl (C=O) groups is 1. The topological polar surface area (TPSA) is 70.4 Å². The van der Waals surface area contributed by atoms with Gasteiger partial charge in [0.1, 0.15) is 22.1 Å². The molecule has 0 aliphatic heterocycles. The highest BCUT2D eigenvalue weighted by atomic mass is 32.1. The van der Waals surface area contributed by atoms with Crippen LogP contribution >= 0.6 is 11.3 Å². The van der Waals surface area contributed by atoms with Gasteiger partial charge < -0.3 is 9.47 Å². The van der Waals surface area contributed by atoms with Crippen LogP contribution in [0.5, 0.6) is 5.75 Å². The van der Waals surface area contributed by atoms with Crippen LogP contribution in [0.3, 0.4) is 0 Å². The molecule has 0 spiro atoms. The summed E-state index contributed by atoms with van der Waals surface area (Å²) in [5.74, 6) is 0.299. The standard InChI is InChI=1S/C17H16N2O4S/c1-11-13-15(24-14(11)17(21)22-2)18-10-19(16(13)20)8-9-23-12-6-4-3-5-7-12/h3-7,10H,8-9H2,1-2H3. The van der Waals surface area contributed by atoms with Crippen molar-refractivity contribution in [2.24, 2.45) is 0 Å². The molecule has 24 heavy (non-hydrogen) atoms. The van der Waals surface area contributed by atoms with Gasteiger partial charge in [-0.3, -0.25) is 9.36 Å². The van der Waals surface area contributed by atoms with Crippen molar-refractivity contribution in [3.8, 4) is 5.75 Å². The number of esters is 1. The van der Waals surface area contributed by atoms with Crippen molar-refractivity contribution in [3.05, 3.63) is 57.5 Å². The Bertz CT molecular complexity index is 931. The molecule has 7 heteroatoms. The Morgan fingerprint density at radius 1 is 1.29 bits per heavy atom. The fourth-order valence-corrected chi connectivity index (χ4v) is 3.44. The normalized spacial score (nSPS) is 10.8. The smallest absolute Gasteiger partial charge is 0.348 e. The number of carbonyl (C=O) groups excluding carboxylic acids is 1. The lowest BCUT2D eigenvalue weighted by atomic mass is 10.2. The van der Waals surface area contributed by atoms with Crippen molar-refractivity contribution in [1.82, 2.24) is 9.55 Å². The summed E-state index contributed by atoms with van der Waals surface area (Å²) in [5, 5.41) is 0.461. The zero-order chi connectivity index (χ0) is 17.1. The van der Waals surface area contributed by atoms with Crippen molar-refractivity contribution in [1.29, 1.82) is 0 Å². The molecule has 124 valence electrons. The van der Waals surface area contributed by atoms with Crippen LogP contribution in [0.15, 0.2) is 41.5 Å². The van der Waals surface area contributed by atoms with Crippen LogP contribution in [0.2, 0.25) is 0 Å². The molecule has 3 rings (SSSR count). The minimum Gasteiger partial charge on any atom is -0.492 e. The second kappa shape index (κ2) is 6.84. The molecule has 2 aromatic heterocycles. The highest BCUT2D eigenvalue weighted by Gasteiger charge is 2.19. The molecule has 3 aromatic rings. The Balaban J connectivity index is 1.84. The molecule has 0 fully saturated rings. The number of aryl methyl sites for hydroxylation is 1. The first-order valence-corrected chi connectivity index (χ1v) is 8.18. The van der Waals surface area contributed by atoms with Gasteiger partial charge in [0.15, 0.2) is 0 Å². The third kappa shape index (κ3) is 3.03. The first-order chi connectivity index (χ1) is 11.6. The number of aromatic nitrogens is 2. The summed E-state index contributed by atoms with van der Waals surface area (Å²) >= 11 is 1.17. The lowest BCUT2D eigenvalue weighted by molar-refractivity contribution is 0.0605. The average molecular weight is 344 g/mol. The van der Waals surface area contributed by atoms with Gasteiger partial charge in [-0.15, -0.1) is 11.3 Å². The largest absolute Gasteiger partial charge is 0.492 e. The van der Waals surface area contributed by atoms with E-state index in [1.807, 2.05) is 30.3 Å². The van der Waals surface area contributed by atoms with Crippen LogP contribution in [0.4, 0.5) is 0 Å². The minimum atomic E-state index is -0.450. The Hall–Kier alpha value is -2.67. The van der Waals surface area contributed by atoms with Crippen molar-refractivity contribution in [2.75, 3.05) is 13.7 Å². The molecule has 0 aliphatic rings. The molecule has 6 nitrogen and oxygen atoms in total. The van der Waals surface area contributed by atoms with Gasteiger partial charge in [0.2, 0.25) is 0 Å². The lowest BCUT2D eigenvalue weighted by Crippen LogP contribution is -2.23. The summed E-state index contributed by atoms with van der Waals surface area (Å²) < 4.78 is 11.8. The van der Waals surface area contributed by atoms with Gasteiger partial charge >= 0.3 is 5.97 Å². The summed E-state index contributed by atoms with van der Waals surface area (Å²) in [4.78, 5) is 29.6. The molecular formula is C17H16N2O4S. The van der Waals surface area contributed by atoms with Gasteiger partial charge in [0.05, 0.1) is 25.4 Å². The predicted molar refractivity (Wildman–Crippen MR) is 91.9 cm³/mol. The molecule has 0 aliphatic carbocycles. The first kappa shape index (κ1) is 16.2. The van der Waals surface area contributed by atoms with E-state index >= 15 is 0 Å². The summed E-state index contributed by atoms with van der Waals surface area (Å²) in [7, 11) is 1.32. The highest BCUT2D eigenvalue weighted by Crippen LogP contribution is 2.27. The summed E-state index contributed by atoms with van der Waals surface area (Å²) in [6.45, 7) is 2.46. The molecule has 1 aromatic carbocycles. The van der Waals surface area contributed by atoms with E-state index in [0.29, 0.717) is 33.8 Å². The van der Waals surface area contributed by atoms with E-state index in [1.165, 1.54) is 29.3 Å². The zero-order valence-corrected chi connectivity index (χ0v) is 14.1. The molecule has 0 bridgehead atoms. The number of para-hydroxylation sites is 1. The fourth-order valence-electron chi connectivity index (χ4n) is 2.38. The molecule has 0 saturated heterocycles.